The maximum absolute atomic E-state index is 8.85. The van der Waals surface area contributed by atoms with Crippen LogP contribution in [0.25, 0.3) is 0 Å². The van der Waals surface area contributed by atoms with Crippen molar-refractivity contribution in [1.29, 1.82) is 0 Å². The van der Waals surface area contributed by atoms with Crippen LogP contribution in [-0.4, -0.2) is 17.3 Å². The van der Waals surface area contributed by atoms with Crippen LogP contribution in [0, 0.1) is 0 Å². The Morgan fingerprint density at radius 1 is 1.11 bits per heavy atom. The summed E-state index contributed by atoms with van der Waals surface area (Å²) >= 11 is -5.52. The first-order chi connectivity index (χ1) is 3.73. The van der Waals surface area contributed by atoms with Gasteiger partial charge < -0.3 is 9.79 Å². The topological polar surface area (TPSA) is 132 Å². The zero-order valence-electron chi connectivity index (χ0n) is 3.92. The zero-order chi connectivity index (χ0) is 8.08. The van der Waals surface area contributed by atoms with E-state index >= 15 is 0 Å². The van der Waals surface area contributed by atoms with Gasteiger partial charge in [0, 0.05) is 0 Å². The van der Waals surface area contributed by atoms with Crippen LogP contribution in [0.5, 0.6) is 0 Å². The van der Waals surface area contributed by atoms with Crippen LogP contribution < -0.4 is 0 Å². The molecule has 0 aliphatic heterocycles. The van der Waals surface area contributed by atoms with Crippen molar-refractivity contribution in [3.63, 3.8) is 0 Å². The molecule has 0 rings (SSSR count). The van der Waals surface area contributed by atoms with Crippen LogP contribution in [0.15, 0.2) is 0 Å². The molecule has 0 unspecified atom stereocenters. The second kappa shape index (κ2) is 5.17. The summed E-state index contributed by atoms with van der Waals surface area (Å²) in [4.78, 5) is 14.3. The van der Waals surface area contributed by atoms with Gasteiger partial charge in [0.1, 0.15) is 0 Å². The molecular formula is H5MoO7P. The Labute approximate surface area is 54.2 Å². The Balaban J connectivity index is 0. The van der Waals surface area contributed by atoms with Crippen molar-refractivity contribution in [3.05, 3.63) is 0 Å². The molecule has 0 aromatic carbocycles. The molecule has 0 aromatic heterocycles. The van der Waals surface area contributed by atoms with E-state index < -0.39 is 25.0 Å². The quantitative estimate of drug-likeness (QED) is 0.286. The van der Waals surface area contributed by atoms with Gasteiger partial charge >= 0.3 is 39.3 Å². The minimum absolute atomic E-state index is 3.13. The third-order valence-electron chi connectivity index (χ3n) is 0. The predicted octanol–water partition coefficient (Wildman–Crippen LogP) is -1.99. The van der Waals surface area contributed by atoms with Gasteiger partial charge in [-0.15, -0.1) is 0 Å². The van der Waals surface area contributed by atoms with Crippen LogP contribution in [0.3, 0.4) is 0 Å². The molecule has 58 valence electrons. The summed E-state index contributed by atoms with van der Waals surface area (Å²) < 4.78 is 40.8. The van der Waals surface area contributed by atoms with Gasteiger partial charge in [-0.3, -0.25) is 4.57 Å². The third-order valence-corrected chi connectivity index (χ3v) is 0. The van der Waals surface area contributed by atoms with Crippen LogP contribution >= 0.6 is 8.25 Å². The standard InChI is InChI=1S/Mo.H3O3P.2H2O.2O/c;1-4(2)3;;;;/h;4H,(H2,1,2,3);2*1H2;;/q+2;;;;;/p-2. The molecular weight excluding hydrogens is 239 g/mol. The molecule has 9 heavy (non-hydrogen) atoms. The van der Waals surface area contributed by atoms with Gasteiger partial charge in [0.2, 0.25) is 0 Å². The number of hydrogen-bond acceptors (Lipinski definition) is 3. The number of rotatable bonds is 0. The molecule has 0 fully saturated rings. The summed E-state index contributed by atoms with van der Waals surface area (Å²) in [6.07, 6.45) is 0. The first-order valence-electron chi connectivity index (χ1n) is 1.35. The molecule has 7 nitrogen and oxygen atoms in total. The molecule has 0 bridgehead atoms. The van der Waals surface area contributed by atoms with E-state index in [4.69, 9.17) is 28.7 Å². The molecule has 0 spiro atoms. The summed E-state index contributed by atoms with van der Waals surface area (Å²) in [7, 11) is -3.13. The molecule has 0 radical (unpaired) electrons. The molecule has 0 heterocycles. The predicted molar refractivity (Wildman–Crippen MR) is 19.2 cm³/mol. The fraction of sp³-hybridized carbons (Fsp3) is 0. The van der Waals surface area contributed by atoms with E-state index in [9.17, 15) is 0 Å². The summed E-state index contributed by atoms with van der Waals surface area (Å²) in [5.41, 5.74) is 0. The Bertz CT molecular complexity index is 151. The van der Waals surface area contributed by atoms with Gasteiger partial charge in [0.05, 0.1) is 0 Å². The maximum atomic E-state index is 8.85. The molecule has 0 atom stereocenters. The van der Waals surface area contributed by atoms with Crippen LogP contribution in [0.4, 0.5) is 0 Å². The molecule has 0 aliphatic rings. The van der Waals surface area contributed by atoms with Gasteiger partial charge in [-0.05, 0) is 0 Å². The Hall–Kier alpha value is 0.358. The summed E-state index contributed by atoms with van der Waals surface area (Å²) in [6, 6.07) is 0. The molecule has 4 N–H and O–H groups in total. The van der Waals surface area contributed by atoms with Crippen LogP contribution in [-0.2, 0) is 28.1 Å². The van der Waals surface area contributed by atoms with Gasteiger partial charge in [-0.25, -0.2) is 0 Å². The number of hydrogen-bond donors (Lipinski definition) is 4. The van der Waals surface area contributed by atoms with Crippen molar-refractivity contribution >= 4 is 8.25 Å². The first-order valence-corrected chi connectivity index (χ1v) is 6.09. The van der Waals surface area contributed by atoms with E-state index in [1.54, 1.807) is 0 Å². The third kappa shape index (κ3) is 2630. The molecule has 0 saturated heterocycles. The average Bonchev–Trinajstić information content (AvgIpc) is 1.19. The van der Waals surface area contributed by atoms with Crippen molar-refractivity contribution in [3.8, 4) is 0 Å². The fourth-order valence-corrected chi connectivity index (χ4v) is 0. The molecule has 0 aromatic rings. The molecule has 9 heteroatoms. The second-order valence-corrected chi connectivity index (χ2v) is 3.50. The van der Waals surface area contributed by atoms with E-state index in [-0.39, 0.29) is 0 Å². The van der Waals surface area contributed by atoms with Gasteiger partial charge in [-0.1, -0.05) is 0 Å². The minimum atomic E-state index is -5.52. The average molecular weight is 244 g/mol. The molecule has 0 aliphatic carbocycles. The van der Waals surface area contributed by atoms with Crippen molar-refractivity contribution in [2.75, 3.05) is 0 Å². The summed E-state index contributed by atoms with van der Waals surface area (Å²) in [5, 5.41) is 0. The van der Waals surface area contributed by atoms with E-state index in [2.05, 4.69) is 0 Å². The van der Waals surface area contributed by atoms with Crippen molar-refractivity contribution in [2.45, 2.75) is 0 Å². The van der Waals surface area contributed by atoms with E-state index in [1.807, 2.05) is 0 Å². The Morgan fingerprint density at radius 3 is 1.11 bits per heavy atom. The monoisotopic (exact) mass is 246 g/mol. The van der Waals surface area contributed by atoms with Gasteiger partial charge in [-0.2, -0.15) is 0 Å². The zero-order valence-corrected chi connectivity index (χ0v) is 6.93. The van der Waals surface area contributed by atoms with E-state index in [1.165, 1.54) is 0 Å². The van der Waals surface area contributed by atoms with E-state index in [0.29, 0.717) is 0 Å². The van der Waals surface area contributed by atoms with Crippen molar-refractivity contribution in [1.82, 2.24) is 0 Å². The Kier molecular flexibility index (Phi) is 6.93. The second-order valence-electron chi connectivity index (χ2n) is 0.730. The van der Waals surface area contributed by atoms with Gasteiger partial charge in [0.15, 0.2) is 0 Å². The van der Waals surface area contributed by atoms with E-state index in [0.717, 1.165) is 0 Å². The SMILES string of the molecule is O=[PH](O)O.[O]=[Mo](=[O])([OH])[OH]. The van der Waals surface area contributed by atoms with Crippen LogP contribution in [0.2, 0.25) is 0 Å². The molecule has 0 saturated carbocycles. The van der Waals surface area contributed by atoms with Crippen LogP contribution in [0.1, 0.15) is 0 Å². The summed E-state index contributed by atoms with van der Waals surface area (Å²) in [6.45, 7) is 0. The molecule has 0 amide bonds. The summed E-state index contributed by atoms with van der Waals surface area (Å²) in [5.74, 6) is 0. The van der Waals surface area contributed by atoms with Gasteiger partial charge in [0.25, 0.3) is 0 Å². The van der Waals surface area contributed by atoms with Crippen molar-refractivity contribution < 1.29 is 45.4 Å². The normalized spacial score (nSPS) is 10.3. The Morgan fingerprint density at radius 2 is 1.11 bits per heavy atom. The fourth-order valence-electron chi connectivity index (χ4n) is 0. The first kappa shape index (κ1) is 12.1. The van der Waals surface area contributed by atoms with Crippen molar-refractivity contribution in [2.24, 2.45) is 0 Å².